The Bertz CT molecular complexity index is 289. The zero-order valence-electron chi connectivity index (χ0n) is 7.24. The van der Waals surface area contributed by atoms with Gasteiger partial charge in [0, 0.05) is 24.5 Å². The number of aromatic nitrogens is 1. The second-order valence-electron chi connectivity index (χ2n) is 3.30. The highest BCUT2D eigenvalue weighted by atomic mass is 35.5. The molecule has 0 saturated carbocycles. The van der Waals surface area contributed by atoms with Crippen LogP contribution in [0, 0.1) is 0 Å². The van der Waals surface area contributed by atoms with Gasteiger partial charge in [-0.25, -0.2) is 4.98 Å². The van der Waals surface area contributed by atoms with Gasteiger partial charge >= 0.3 is 0 Å². The van der Waals surface area contributed by atoms with E-state index in [1.54, 1.807) is 11.3 Å². The third-order valence-electron chi connectivity index (χ3n) is 2.19. The maximum absolute atomic E-state index is 5.87. The number of rotatable bonds is 1. The van der Waals surface area contributed by atoms with E-state index in [1.165, 1.54) is 0 Å². The lowest BCUT2D eigenvalue weighted by atomic mass is 10.1. The number of piperidine rings is 1. The summed E-state index contributed by atoms with van der Waals surface area (Å²) in [5.74, 6) is 0. The quantitative estimate of drug-likeness (QED) is 0.779. The number of thiazole rings is 1. The van der Waals surface area contributed by atoms with Crippen LogP contribution in [0.5, 0.6) is 0 Å². The molecule has 13 heavy (non-hydrogen) atoms. The van der Waals surface area contributed by atoms with Crippen molar-refractivity contribution in [2.75, 3.05) is 18.0 Å². The lowest BCUT2D eigenvalue weighted by Gasteiger charge is -2.30. The first kappa shape index (κ1) is 9.24. The minimum absolute atomic E-state index is 0.288. The van der Waals surface area contributed by atoms with Gasteiger partial charge in [-0.2, -0.15) is 0 Å². The van der Waals surface area contributed by atoms with E-state index in [0.717, 1.165) is 31.1 Å². The van der Waals surface area contributed by atoms with Crippen molar-refractivity contribution in [1.29, 1.82) is 0 Å². The summed E-state index contributed by atoms with van der Waals surface area (Å²) in [6.07, 6.45) is 2.27. The lowest BCUT2D eigenvalue weighted by Crippen LogP contribution is -2.42. The maximum Gasteiger partial charge on any atom is 0.186 e. The first-order valence-corrected chi connectivity index (χ1v) is 5.63. The number of anilines is 1. The van der Waals surface area contributed by atoms with Crippen LogP contribution in [0.4, 0.5) is 5.13 Å². The van der Waals surface area contributed by atoms with Crippen molar-refractivity contribution >= 4 is 28.1 Å². The molecule has 1 saturated heterocycles. The summed E-state index contributed by atoms with van der Waals surface area (Å²) in [6, 6.07) is 0.288. The Kier molecular flexibility index (Phi) is 2.71. The van der Waals surface area contributed by atoms with Gasteiger partial charge in [-0.3, -0.25) is 0 Å². The highest BCUT2D eigenvalue weighted by molar-refractivity contribution is 7.14. The van der Waals surface area contributed by atoms with Crippen molar-refractivity contribution in [3.8, 4) is 0 Å². The third kappa shape index (κ3) is 2.13. The van der Waals surface area contributed by atoms with E-state index in [4.69, 9.17) is 17.3 Å². The zero-order valence-corrected chi connectivity index (χ0v) is 8.81. The lowest BCUT2D eigenvalue weighted by molar-refractivity contribution is 0.505. The van der Waals surface area contributed by atoms with Crippen molar-refractivity contribution in [1.82, 2.24) is 4.98 Å². The molecule has 1 aromatic rings. The van der Waals surface area contributed by atoms with Gasteiger partial charge in [-0.05, 0) is 12.8 Å². The van der Waals surface area contributed by atoms with E-state index in [9.17, 15) is 0 Å². The van der Waals surface area contributed by atoms with Crippen LogP contribution in [0.2, 0.25) is 5.15 Å². The molecule has 2 rings (SSSR count). The minimum Gasteiger partial charge on any atom is -0.347 e. The predicted molar refractivity (Wildman–Crippen MR) is 56.5 cm³/mol. The summed E-state index contributed by atoms with van der Waals surface area (Å²) in [5, 5.41) is 3.44. The molecule has 1 aliphatic rings. The molecule has 1 aliphatic heterocycles. The fourth-order valence-electron chi connectivity index (χ4n) is 1.57. The standard InChI is InChI=1S/C8H12ClN3S/c9-7-5-13-8(11-7)12-3-1-2-6(10)4-12/h5-6H,1-4,10H2/t6-/m1/s1. The van der Waals surface area contributed by atoms with Crippen LogP contribution < -0.4 is 10.6 Å². The van der Waals surface area contributed by atoms with Crippen LogP contribution in [0.15, 0.2) is 5.38 Å². The first-order valence-electron chi connectivity index (χ1n) is 4.37. The molecule has 0 amide bonds. The van der Waals surface area contributed by atoms with E-state index in [2.05, 4.69) is 9.88 Å². The van der Waals surface area contributed by atoms with Crippen molar-refractivity contribution in [2.45, 2.75) is 18.9 Å². The van der Waals surface area contributed by atoms with Gasteiger partial charge < -0.3 is 10.6 Å². The van der Waals surface area contributed by atoms with E-state index < -0.39 is 0 Å². The molecule has 5 heteroatoms. The minimum atomic E-state index is 0.288. The first-order chi connectivity index (χ1) is 6.25. The maximum atomic E-state index is 5.87. The van der Waals surface area contributed by atoms with Gasteiger partial charge in [0.25, 0.3) is 0 Å². The van der Waals surface area contributed by atoms with E-state index in [0.29, 0.717) is 5.15 Å². The average molecular weight is 218 g/mol. The second-order valence-corrected chi connectivity index (χ2v) is 4.52. The summed E-state index contributed by atoms with van der Waals surface area (Å²) in [5.41, 5.74) is 5.87. The Balaban J connectivity index is 2.08. The van der Waals surface area contributed by atoms with Crippen LogP contribution in [-0.2, 0) is 0 Å². The molecular weight excluding hydrogens is 206 g/mol. The molecule has 0 bridgehead atoms. The van der Waals surface area contributed by atoms with Crippen LogP contribution in [0.25, 0.3) is 0 Å². The van der Waals surface area contributed by atoms with Crippen LogP contribution >= 0.6 is 22.9 Å². The monoisotopic (exact) mass is 217 g/mol. The molecule has 2 heterocycles. The molecule has 3 nitrogen and oxygen atoms in total. The summed E-state index contributed by atoms with van der Waals surface area (Å²) < 4.78 is 0. The molecule has 0 radical (unpaired) electrons. The van der Waals surface area contributed by atoms with Crippen molar-refractivity contribution < 1.29 is 0 Å². The molecule has 0 spiro atoms. The Labute approximate surface area is 86.5 Å². The Morgan fingerprint density at radius 2 is 2.54 bits per heavy atom. The summed E-state index contributed by atoms with van der Waals surface area (Å²) in [6.45, 7) is 1.96. The van der Waals surface area contributed by atoms with Crippen LogP contribution in [0.3, 0.4) is 0 Å². The summed E-state index contributed by atoms with van der Waals surface area (Å²) >= 11 is 7.34. The SMILES string of the molecule is N[C@@H]1CCCN(c2nc(Cl)cs2)C1. The third-order valence-corrected chi connectivity index (χ3v) is 3.42. The van der Waals surface area contributed by atoms with Crippen LogP contribution in [-0.4, -0.2) is 24.1 Å². The average Bonchev–Trinajstić information content (AvgIpc) is 2.52. The molecule has 1 aromatic heterocycles. The topological polar surface area (TPSA) is 42.1 Å². The second kappa shape index (κ2) is 3.82. The molecule has 2 N–H and O–H groups in total. The molecule has 1 atom stereocenters. The number of nitrogens with zero attached hydrogens (tertiary/aromatic N) is 2. The Morgan fingerprint density at radius 3 is 3.15 bits per heavy atom. The Hall–Kier alpha value is -0.320. The molecule has 0 unspecified atom stereocenters. The predicted octanol–water partition coefficient (Wildman–Crippen LogP) is 1.72. The van der Waals surface area contributed by atoms with E-state index in [-0.39, 0.29) is 6.04 Å². The van der Waals surface area contributed by atoms with Gasteiger partial charge in [0.05, 0.1) is 0 Å². The summed E-state index contributed by atoms with van der Waals surface area (Å²) in [7, 11) is 0. The highest BCUT2D eigenvalue weighted by Crippen LogP contribution is 2.25. The molecule has 0 aromatic carbocycles. The molecule has 0 aliphatic carbocycles. The van der Waals surface area contributed by atoms with Gasteiger partial charge in [-0.1, -0.05) is 11.6 Å². The largest absolute Gasteiger partial charge is 0.347 e. The van der Waals surface area contributed by atoms with Gasteiger partial charge in [0.15, 0.2) is 5.13 Å². The Morgan fingerprint density at radius 1 is 1.69 bits per heavy atom. The van der Waals surface area contributed by atoms with Gasteiger partial charge in [0.2, 0.25) is 0 Å². The zero-order chi connectivity index (χ0) is 9.26. The van der Waals surface area contributed by atoms with E-state index in [1.807, 2.05) is 5.38 Å². The van der Waals surface area contributed by atoms with Gasteiger partial charge in [0.1, 0.15) is 5.15 Å². The normalized spacial score (nSPS) is 23.5. The number of nitrogens with two attached hydrogens (primary N) is 1. The summed E-state index contributed by atoms with van der Waals surface area (Å²) in [4.78, 5) is 6.44. The van der Waals surface area contributed by atoms with E-state index >= 15 is 0 Å². The number of halogens is 1. The molecule has 72 valence electrons. The van der Waals surface area contributed by atoms with Crippen molar-refractivity contribution in [3.63, 3.8) is 0 Å². The molecule has 1 fully saturated rings. The van der Waals surface area contributed by atoms with Crippen molar-refractivity contribution in [2.24, 2.45) is 5.73 Å². The number of hydrogen-bond acceptors (Lipinski definition) is 4. The fraction of sp³-hybridized carbons (Fsp3) is 0.625. The van der Waals surface area contributed by atoms with Gasteiger partial charge in [-0.15, -0.1) is 11.3 Å². The fourth-order valence-corrected chi connectivity index (χ4v) is 2.56. The highest BCUT2D eigenvalue weighted by Gasteiger charge is 2.18. The smallest absolute Gasteiger partial charge is 0.186 e. The molecular formula is C8H12ClN3S. The van der Waals surface area contributed by atoms with Crippen LogP contribution in [0.1, 0.15) is 12.8 Å². The van der Waals surface area contributed by atoms with Crippen molar-refractivity contribution in [3.05, 3.63) is 10.5 Å². The number of hydrogen-bond donors (Lipinski definition) is 1.